The van der Waals surface area contributed by atoms with E-state index in [0.717, 1.165) is 0 Å². The van der Waals surface area contributed by atoms with E-state index in [9.17, 15) is 4.39 Å². The van der Waals surface area contributed by atoms with Crippen LogP contribution in [0.2, 0.25) is 0 Å². The number of benzene rings is 2. The Labute approximate surface area is 118 Å². The van der Waals surface area contributed by atoms with Crippen molar-refractivity contribution in [3.63, 3.8) is 0 Å². The molecule has 0 aliphatic rings. The van der Waals surface area contributed by atoms with E-state index in [0.29, 0.717) is 28.4 Å². The zero-order valence-corrected chi connectivity index (χ0v) is 11.8. The maximum atomic E-state index is 13.7. The summed E-state index contributed by atoms with van der Waals surface area (Å²) in [7, 11) is 1.57. The Hall–Kier alpha value is -2.07. The second-order valence-electron chi connectivity index (χ2n) is 4.68. The molecule has 4 heteroatoms. The molecule has 106 valence electrons. The van der Waals surface area contributed by atoms with Gasteiger partial charge < -0.3 is 15.2 Å². The predicted octanol–water partition coefficient (Wildman–Crippen LogP) is 3.95. The van der Waals surface area contributed by atoms with Crippen LogP contribution in [0, 0.1) is 12.7 Å². The number of methoxy groups -OCH3 is 1. The summed E-state index contributed by atoms with van der Waals surface area (Å²) >= 11 is 0. The molecule has 0 fully saturated rings. The monoisotopic (exact) mass is 275 g/mol. The quantitative estimate of drug-likeness (QED) is 0.918. The fourth-order valence-corrected chi connectivity index (χ4v) is 1.94. The molecule has 0 bridgehead atoms. The van der Waals surface area contributed by atoms with Crippen molar-refractivity contribution in [2.24, 2.45) is 5.73 Å². The number of ether oxygens (including phenoxy) is 2. The minimum absolute atomic E-state index is 0.287. The number of halogens is 1. The summed E-state index contributed by atoms with van der Waals surface area (Å²) in [6, 6.07) is 10.0. The standard InChI is InChI=1S/C16H18FNO2/c1-10-8-16(12(11(2)18)9-13(10)17)20-15-7-5-4-6-14(15)19-3/h4-9,11H,18H2,1-3H3/t11-/m1/s1. The number of hydrogen-bond acceptors (Lipinski definition) is 3. The van der Waals surface area contributed by atoms with Crippen molar-refractivity contribution in [2.75, 3.05) is 7.11 Å². The fourth-order valence-electron chi connectivity index (χ4n) is 1.94. The van der Waals surface area contributed by atoms with Crippen LogP contribution < -0.4 is 15.2 Å². The molecule has 0 aliphatic heterocycles. The first kappa shape index (κ1) is 14.3. The van der Waals surface area contributed by atoms with E-state index in [1.165, 1.54) is 6.07 Å². The van der Waals surface area contributed by atoms with Crippen LogP contribution in [0.3, 0.4) is 0 Å². The number of hydrogen-bond donors (Lipinski definition) is 1. The third-order valence-electron chi connectivity index (χ3n) is 3.07. The fraction of sp³-hybridized carbons (Fsp3) is 0.250. The van der Waals surface area contributed by atoms with E-state index >= 15 is 0 Å². The van der Waals surface area contributed by atoms with Gasteiger partial charge in [-0.2, -0.15) is 0 Å². The highest BCUT2D eigenvalue weighted by atomic mass is 19.1. The normalized spacial score (nSPS) is 12.1. The molecule has 0 spiro atoms. The largest absolute Gasteiger partial charge is 0.493 e. The highest BCUT2D eigenvalue weighted by Gasteiger charge is 2.14. The van der Waals surface area contributed by atoms with E-state index in [2.05, 4.69) is 0 Å². The summed E-state index contributed by atoms with van der Waals surface area (Å²) < 4.78 is 24.8. The molecule has 2 aromatic rings. The first-order valence-corrected chi connectivity index (χ1v) is 6.39. The Balaban J connectivity index is 2.45. The van der Waals surface area contributed by atoms with Gasteiger partial charge in [-0.3, -0.25) is 0 Å². The lowest BCUT2D eigenvalue weighted by molar-refractivity contribution is 0.376. The van der Waals surface area contributed by atoms with E-state index in [4.69, 9.17) is 15.2 Å². The van der Waals surface area contributed by atoms with Crippen LogP contribution in [0.1, 0.15) is 24.1 Å². The van der Waals surface area contributed by atoms with Crippen LogP contribution in [0.25, 0.3) is 0 Å². The Morgan fingerprint density at radius 1 is 1.10 bits per heavy atom. The number of nitrogens with two attached hydrogens (primary N) is 1. The first-order valence-electron chi connectivity index (χ1n) is 6.39. The second-order valence-corrected chi connectivity index (χ2v) is 4.68. The topological polar surface area (TPSA) is 44.5 Å². The number of rotatable bonds is 4. The van der Waals surface area contributed by atoms with Gasteiger partial charge in [0.2, 0.25) is 0 Å². The molecule has 0 unspecified atom stereocenters. The molecule has 0 saturated heterocycles. The number of para-hydroxylation sites is 2. The van der Waals surface area contributed by atoms with Crippen molar-refractivity contribution in [3.05, 3.63) is 53.3 Å². The third kappa shape index (κ3) is 2.91. The highest BCUT2D eigenvalue weighted by molar-refractivity contribution is 5.47. The molecular formula is C16H18FNO2. The SMILES string of the molecule is COc1ccccc1Oc1cc(C)c(F)cc1[C@@H](C)N. The van der Waals surface area contributed by atoms with Gasteiger partial charge in [0.15, 0.2) is 11.5 Å². The molecule has 0 saturated carbocycles. The summed E-state index contributed by atoms with van der Waals surface area (Å²) in [6.07, 6.45) is 0. The molecular weight excluding hydrogens is 257 g/mol. The molecule has 0 heterocycles. The maximum Gasteiger partial charge on any atom is 0.169 e. The molecule has 0 aliphatic carbocycles. The maximum absolute atomic E-state index is 13.7. The van der Waals surface area contributed by atoms with Gasteiger partial charge in [0.1, 0.15) is 11.6 Å². The van der Waals surface area contributed by atoms with Crippen LogP contribution in [0.4, 0.5) is 4.39 Å². The average Bonchev–Trinajstić information content (AvgIpc) is 2.43. The average molecular weight is 275 g/mol. The molecule has 2 aromatic carbocycles. The van der Waals surface area contributed by atoms with Gasteiger partial charge in [0.05, 0.1) is 7.11 Å². The van der Waals surface area contributed by atoms with Gasteiger partial charge in [-0.05, 0) is 43.7 Å². The summed E-state index contributed by atoms with van der Waals surface area (Å²) in [5, 5.41) is 0. The van der Waals surface area contributed by atoms with Crippen molar-refractivity contribution < 1.29 is 13.9 Å². The van der Waals surface area contributed by atoms with Crippen molar-refractivity contribution in [1.82, 2.24) is 0 Å². The molecule has 20 heavy (non-hydrogen) atoms. The van der Waals surface area contributed by atoms with Crippen LogP contribution in [0.15, 0.2) is 36.4 Å². The van der Waals surface area contributed by atoms with E-state index < -0.39 is 0 Å². The summed E-state index contributed by atoms with van der Waals surface area (Å²) in [4.78, 5) is 0. The Morgan fingerprint density at radius 3 is 2.35 bits per heavy atom. The van der Waals surface area contributed by atoms with Crippen molar-refractivity contribution in [2.45, 2.75) is 19.9 Å². The molecule has 3 nitrogen and oxygen atoms in total. The zero-order chi connectivity index (χ0) is 14.7. The van der Waals surface area contributed by atoms with Gasteiger partial charge in [-0.1, -0.05) is 12.1 Å². The van der Waals surface area contributed by atoms with Gasteiger partial charge in [0.25, 0.3) is 0 Å². The smallest absolute Gasteiger partial charge is 0.169 e. The summed E-state index contributed by atoms with van der Waals surface area (Å²) in [5.74, 6) is 1.45. The van der Waals surface area contributed by atoms with Gasteiger partial charge in [-0.25, -0.2) is 4.39 Å². The third-order valence-corrected chi connectivity index (χ3v) is 3.07. The van der Waals surface area contributed by atoms with E-state index in [-0.39, 0.29) is 11.9 Å². The van der Waals surface area contributed by atoms with Crippen molar-refractivity contribution >= 4 is 0 Å². The summed E-state index contributed by atoms with van der Waals surface area (Å²) in [6.45, 7) is 3.48. The Morgan fingerprint density at radius 2 is 1.75 bits per heavy atom. The second kappa shape index (κ2) is 5.92. The van der Waals surface area contributed by atoms with E-state index in [1.807, 2.05) is 12.1 Å². The van der Waals surface area contributed by atoms with Crippen LogP contribution >= 0.6 is 0 Å². The van der Waals surface area contributed by atoms with Crippen LogP contribution in [0.5, 0.6) is 17.2 Å². The molecule has 2 N–H and O–H groups in total. The highest BCUT2D eigenvalue weighted by Crippen LogP contribution is 2.35. The van der Waals surface area contributed by atoms with Gasteiger partial charge in [0, 0.05) is 11.6 Å². The van der Waals surface area contributed by atoms with Crippen molar-refractivity contribution in [3.8, 4) is 17.2 Å². The van der Waals surface area contributed by atoms with Crippen LogP contribution in [-0.2, 0) is 0 Å². The summed E-state index contributed by atoms with van der Waals surface area (Å²) in [5.41, 5.74) is 7.02. The lowest BCUT2D eigenvalue weighted by Crippen LogP contribution is -2.08. The molecule has 2 rings (SSSR count). The Kier molecular flexibility index (Phi) is 4.25. The molecule has 1 atom stereocenters. The molecule has 0 amide bonds. The zero-order valence-electron chi connectivity index (χ0n) is 11.8. The predicted molar refractivity (Wildman–Crippen MR) is 76.8 cm³/mol. The van der Waals surface area contributed by atoms with Crippen molar-refractivity contribution in [1.29, 1.82) is 0 Å². The molecule has 0 radical (unpaired) electrons. The van der Waals surface area contributed by atoms with Gasteiger partial charge in [-0.15, -0.1) is 0 Å². The lowest BCUT2D eigenvalue weighted by Gasteiger charge is -2.16. The molecule has 0 aromatic heterocycles. The van der Waals surface area contributed by atoms with Crippen LogP contribution in [-0.4, -0.2) is 7.11 Å². The minimum Gasteiger partial charge on any atom is -0.493 e. The van der Waals surface area contributed by atoms with Gasteiger partial charge >= 0.3 is 0 Å². The lowest BCUT2D eigenvalue weighted by atomic mass is 10.0. The number of aryl methyl sites for hydroxylation is 1. The Bertz CT molecular complexity index is 611. The van der Waals surface area contributed by atoms with E-state index in [1.54, 1.807) is 39.2 Å². The minimum atomic E-state index is -0.324. The first-order chi connectivity index (χ1) is 9.52.